The maximum atomic E-state index is 12.9. The quantitative estimate of drug-likeness (QED) is 0.778. The van der Waals surface area contributed by atoms with Gasteiger partial charge in [0.2, 0.25) is 15.9 Å². The molecule has 0 aromatic heterocycles. The van der Waals surface area contributed by atoms with Crippen LogP contribution in [-0.2, 0) is 21.4 Å². The van der Waals surface area contributed by atoms with Gasteiger partial charge in [-0.3, -0.25) is 9.10 Å². The fraction of sp³-hybridized carbons (Fsp3) is 0.235. The zero-order valence-electron chi connectivity index (χ0n) is 14.0. The Morgan fingerprint density at radius 3 is 2.38 bits per heavy atom. The molecule has 0 bridgehead atoms. The van der Waals surface area contributed by atoms with E-state index < -0.39 is 22.0 Å². The number of amides is 1. The molecule has 140 valence electrons. The summed E-state index contributed by atoms with van der Waals surface area (Å²) in [6.07, 6.45) is 0.980. The summed E-state index contributed by atoms with van der Waals surface area (Å²) in [4.78, 5) is 12.5. The highest BCUT2D eigenvalue weighted by Crippen LogP contribution is 2.32. The van der Waals surface area contributed by atoms with Crippen molar-refractivity contribution < 1.29 is 17.6 Å². The summed E-state index contributed by atoms with van der Waals surface area (Å²) in [7, 11) is -3.81. The van der Waals surface area contributed by atoms with Crippen LogP contribution < -0.4 is 9.62 Å². The largest absolute Gasteiger partial charge is 0.350 e. The van der Waals surface area contributed by atoms with Crippen molar-refractivity contribution in [3.63, 3.8) is 0 Å². The molecule has 0 unspecified atom stereocenters. The highest BCUT2D eigenvalue weighted by atomic mass is 35.5. The number of hydrogen-bond acceptors (Lipinski definition) is 3. The van der Waals surface area contributed by atoms with E-state index in [1.807, 2.05) is 0 Å². The van der Waals surface area contributed by atoms with Gasteiger partial charge in [-0.25, -0.2) is 12.8 Å². The third-order valence-corrected chi connectivity index (χ3v) is 5.40. The van der Waals surface area contributed by atoms with Crippen molar-refractivity contribution in [3.05, 3.63) is 63.9 Å². The zero-order valence-corrected chi connectivity index (χ0v) is 16.4. The SMILES string of the molecule is C[C@H](C(=O)NCc1ccc(F)cc1)N(c1cc(Cl)ccc1Cl)S(C)(=O)=O. The van der Waals surface area contributed by atoms with Crippen molar-refractivity contribution >= 4 is 44.8 Å². The Bertz CT molecular complexity index is 905. The lowest BCUT2D eigenvalue weighted by Gasteiger charge is -2.29. The minimum atomic E-state index is -3.81. The van der Waals surface area contributed by atoms with E-state index in [0.717, 1.165) is 10.6 Å². The first-order valence-electron chi connectivity index (χ1n) is 7.56. The van der Waals surface area contributed by atoms with Crippen LogP contribution in [0.3, 0.4) is 0 Å². The molecule has 9 heteroatoms. The van der Waals surface area contributed by atoms with E-state index in [4.69, 9.17) is 23.2 Å². The second-order valence-corrected chi connectivity index (χ2v) is 8.38. The summed E-state index contributed by atoms with van der Waals surface area (Å²) in [5, 5.41) is 3.07. The van der Waals surface area contributed by atoms with Crippen LogP contribution in [0.25, 0.3) is 0 Å². The average molecular weight is 419 g/mol. The van der Waals surface area contributed by atoms with Crippen molar-refractivity contribution in [2.75, 3.05) is 10.6 Å². The second-order valence-electron chi connectivity index (χ2n) is 5.67. The molecule has 0 aliphatic rings. The van der Waals surface area contributed by atoms with Gasteiger partial charge < -0.3 is 5.32 Å². The number of rotatable bonds is 6. The van der Waals surface area contributed by atoms with Gasteiger partial charge >= 0.3 is 0 Å². The minimum Gasteiger partial charge on any atom is -0.350 e. The maximum Gasteiger partial charge on any atom is 0.243 e. The fourth-order valence-corrected chi connectivity index (χ4v) is 3.98. The Kier molecular flexibility index (Phi) is 6.49. The van der Waals surface area contributed by atoms with Gasteiger partial charge in [0, 0.05) is 11.6 Å². The Morgan fingerprint density at radius 2 is 1.81 bits per heavy atom. The molecule has 0 spiro atoms. The molecule has 0 radical (unpaired) electrons. The van der Waals surface area contributed by atoms with Crippen molar-refractivity contribution in [1.82, 2.24) is 5.32 Å². The van der Waals surface area contributed by atoms with Crippen LogP contribution in [0.15, 0.2) is 42.5 Å². The third kappa shape index (κ3) is 5.09. The Morgan fingerprint density at radius 1 is 1.19 bits per heavy atom. The lowest BCUT2D eigenvalue weighted by molar-refractivity contribution is -0.122. The Labute approximate surface area is 161 Å². The first-order valence-corrected chi connectivity index (χ1v) is 10.2. The minimum absolute atomic E-state index is 0.117. The van der Waals surface area contributed by atoms with Gasteiger partial charge in [0.25, 0.3) is 0 Å². The van der Waals surface area contributed by atoms with Crippen LogP contribution in [0.1, 0.15) is 12.5 Å². The van der Waals surface area contributed by atoms with Gasteiger partial charge in [0.1, 0.15) is 11.9 Å². The predicted octanol–water partition coefficient (Wildman–Crippen LogP) is 3.60. The highest BCUT2D eigenvalue weighted by molar-refractivity contribution is 7.92. The van der Waals surface area contributed by atoms with Gasteiger partial charge in [-0.05, 0) is 42.8 Å². The summed E-state index contributed by atoms with van der Waals surface area (Å²) in [5.74, 6) is -0.914. The zero-order chi connectivity index (χ0) is 19.5. The van der Waals surface area contributed by atoms with E-state index in [1.54, 1.807) is 0 Å². The van der Waals surface area contributed by atoms with Crippen molar-refractivity contribution in [1.29, 1.82) is 0 Å². The molecule has 0 fully saturated rings. The van der Waals surface area contributed by atoms with Gasteiger partial charge in [0.05, 0.1) is 17.0 Å². The number of nitrogens with one attached hydrogen (secondary N) is 1. The first kappa shape index (κ1) is 20.5. The number of nitrogens with zero attached hydrogens (tertiary/aromatic N) is 1. The molecule has 0 saturated carbocycles. The molecule has 0 aliphatic heterocycles. The van der Waals surface area contributed by atoms with Crippen LogP contribution in [0.4, 0.5) is 10.1 Å². The number of hydrogen-bond donors (Lipinski definition) is 1. The predicted molar refractivity (Wildman–Crippen MR) is 101 cm³/mol. The average Bonchev–Trinajstić information content (AvgIpc) is 2.56. The normalized spacial score (nSPS) is 12.5. The summed E-state index contributed by atoms with van der Waals surface area (Å²) < 4.78 is 38.4. The van der Waals surface area contributed by atoms with Crippen LogP contribution in [0, 0.1) is 5.82 Å². The van der Waals surface area contributed by atoms with E-state index in [1.165, 1.54) is 49.4 Å². The lowest BCUT2D eigenvalue weighted by Crippen LogP contribution is -2.47. The van der Waals surface area contributed by atoms with Crippen LogP contribution in [0.2, 0.25) is 10.0 Å². The molecule has 1 amide bonds. The monoisotopic (exact) mass is 418 g/mol. The van der Waals surface area contributed by atoms with E-state index in [-0.39, 0.29) is 28.1 Å². The van der Waals surface area contributed by atoms with Crippen LogP contribution >= 0.6 is 23.2 Å². The lowest BCUT2D eigenvalue weighted by atomic mass is 10.2. The van der Waals surface area contributed by atoms with E-state index in [0.29, 0.717) is 5.56 Å². The molecule has 0 saturated heterocycles. The fourth-order valence-electron chi connectivity index (χ4n) is 2.37. The molecule has 2 aromatic rings. The maximum absolute atomic E-state index is 12.9. The number of anilines is 1. The summed E-state index contributed by atoms with van der Waals surface area (Å²) in [6.45, 7) is 1.57. The summed E-state index contributed by atoms with van der Waals surface area (Å²) >= 11 is 12.0. The molecule has 26 heavy (non-hydrogen) atoms. The van der Waals surface area contributed by atoms with Crippen LogP contribution in [0.5, 0.6) is 0 Å². The standard InChI is InChI=1S/C17H17Cl2FN2O3S/c1-11(17(23)21-10-12-3-6-14(20)7-4-12)22(26(2,24)25)16-9-13(18)5-8-15(16)19/h3-9,11H,10H2,1-2H3,(H,21,23)/t11-/m1/s1. The number of carbonyl (C=O) groups is 1. The number of carbonyl (C=O) groups excluding carboxylic acids is 1. The van der Waals surface area contributed by atoms with Crippen molar-refractivity contribution in [3.8, 4) is 0 Å². The Balaban J connectivity index is 2.23. The smallest absolute Gasteiger partial charge is 0.243 e. The van der Waals surface area contributed by atoms with Gasteiger partial charge in [0.15, 0.2) is 0 Å². The number of halogens is 3. The van der Waals surface area contributed by atoms with E-state index >= 15 is 0 Å². The molecule has 2 aromatic carbocycles. The van der Waals surface area contributed by atoms with E-state index in [2.05, 4.69) is 5.32 Å². The van der Waals surface area contributed by atoms with Gasteiger partial charge in [-0.1, -0.05) is 35.3 Å². The number of benzene rings is 2. The molecular formula is C17H17Cl2FN2O3S. The van der Waals surface area contributed by atoms with Crippen molar-refractivity contribution in [2.45, 2.75) is 19.5 Å². The molecule has 2 rings (SSSR count). The molecule has 1 atom stereocenters. The van der Waals surface area contributed by atoms with Crippen molar-refractivity contribution in [2.24, 2.45) is 0 Å². The second kappa shape index (κ2) is 8.24. The first-order chi connectivity index (χ1) is 12.1. The van der Waals surface area contributed by atoms with Gasteiger partial charge in [-0.15, -0.1) is 0 Å². The molecular weight excluding hydrogens is 402 g/mol. The van der Waals surface area contributed by atoms with E-state index in [9.17, 15) is 17.6 Å². The summed E-state index contributed by atoms with van der Waals surface area (Å²) in [6, 6.07) is 8.91. The summed E-state index contributed by atoms with van der Waals surface area (Å²) in [5.41, 5.74) is 0.796. The van der Waals surface area contributed by atoms with Crippen LogP contribution in [-0.4, -0.2) is 26.6 Å². The third-order valence-electron chi connectivity index (χ3n) is 3.61. The highest BCUT2D eigenvalue weighted by Gasteiger charge is 2.30. The van der Waals surface area contributed by atoms with Gasteiger partial charge in [-0.2, -0.15) is 0 Å². The molecule has 0 aliphatic carbocycles. The molecule has 5 nitrogen and oxygen atoms in total. The molecule has 0 heterocycles. The Hall–Kier alpha value is -1.83. The number of sulfonamides is 1. The topological polar surface area (TPSA) is 66.5 Å². The molecule has 1 N–H and O–H groups in total.